The number of carbonyl (C=O) groups excluding carboxylic acids is 1. The van der Waals surface area contributed by atoms with Crippen molar-refractivity contribution in [2.24, 2.45) is 5.92 Å². The summed E-state index contributed by atoms with van der Waals surface area (Å²) >= 11 is 5.64. The molecule has 0 saturated carbocycles. The first-order chi connectivity index (χ1) is 9.54. The predicted molar refractivity (Wildman–Crippen MR) is 77.1 cm³/mol. The Balaban J connectivity index is 1.77. The van der Waals surface area contributed by atoms with Crippen LogP contribution in [0.25, 0.3) is 0 Å². The van der Waals surface area contributed by atoms with Crippen molar-refractivity contribution in [3.63, 3.8) is 0 Å². The quantitative estimate of drug-likeness (QED) is 0.904. The Labute approximate surface area is 124 Å². The largest absolute Gasteiger partial charge is 0.440 e. The second-order valence-electron chi connectivity index (χ2n) is 5.46. The SMILES string of the molecule is CC(C)CN1CCO[C@H](CNC(=O)c2ccc(Cl)o2)C1. The fraction of sp³-hybridized carbons (Fsp3) is 0.643. The van der Waals surface area contributed by atoms with E-state index in [1.165, 1.54) is 0 Å². The first-order valence-corrected chi connectivity index (χ1v) is 7.30. The number of nitrogens with zero attached hydrogens (tertiary/aromatic N) is 1. The molecule has 5 nitrogen and oxygen atoms in total. The highest BCUT2D eigenvalue weighted by molar-refractivity contribution is 6.29. The van der Waals surface area contributed by atoms with Crippen LogP contribution in [-0.4, -0.2) is 49.7 Å². The maximum Gasteiger partial charge on any atom is 0.287 e. The van der Waals surface area contributed by atoms with Gasteiger partial charge < -0.3 is 14.5 Å². The molecule has 1 aliphatic rings. The third kappa shape index (κ3) is 4.51. The van der Waals surface area contributed by atoms with Gasteiger partial charge in [0.25, 0.3) is 5.91 Å². The lowest BCUT2D eigenvalue weighted by atomic mass is 10.2. The standard InChI is InChI=1S/C14H21ClN2O3/c1-10(2)8-17-5-6-19-11(9-17)7-16-14(18)12-3-4-13(15)20-12/h3-4,10-11H,5-9H2,1-2H3,(H,16,18)/t11-/m1/s1. The Kier molecular flexibility index (Phi) is 5.46. The number of nitrogens with one attached hydrogen (secondary N) is 1. The van der Waals surface area contributed by atoms with Gasteiger partial charge in [0, 0.05) is 26.2 Å². The molecule has 0 bridgehead atoms. The number of hydrogen-bond acceptors (Lipinski definition) is 4. The van der Waals surface area contributed by atoms with Gasteiger partial charge in [-0.25, -0.2) is 0 Å². The number of amides is 1. The maximum absolute atomic E-state index is 11.8. The van der Waals surface area contributed by atoms with Crippen molar-refractivity contribution >= 4 is 17.5 Å². The van der Waals surface area contributed by atoms with E-state index < -0.39 is 0 Å². The van der Waals surface area contributed by atoms with Crippen LogP contribution in [0.15, 0.2) is 16.5 Å². The molecule has 6 heteroatoms. The highest BCUT2D eigenvalue weighted by Crippen LogP contribution is 2.13. The van der Waals surface area contributed by atoms with Crippen molar-refractivity contribution in [3.8, 4) is 0 Å². The highest BCUT2D eigenvalue weighted by atomic mass is 35.5. The van der Waals surface area contributed by atoms with Crippen LogP contribution in [0.2, 0.25) is 5.22 Å². The molecule has 0 radical (unpaired) electrons. The lowest BCUT2D eigenvalue weighted by Crippen LogP contribution is -2.48. The van der Waals surface area contributed by atoms with Crippen molar-refractivity contribution in [2.45, 2.75) is 20.0 Å². The Hall–Kier alpha value is -1.04. The Bertz CT molecular complexity index is 447. The molecule has 2 heterocycles. The number of ether oxygens (including phenoxy) is 1. The molecule has 2 rings (SSSR count). The van der Waals surface area contributed by atoms with E-state index in [-0.39, 0.29) is 23.0 Å². The second-order valence-corrected chi connectivity index (χ2v) is 5.83. The van der Waals surface area contributed by atoms with Crippen molar-refractivity contribution in [1.29, 1.82) is 0 Å². The van der Waals surface area contributed by atoms with E-state index in [1.807, 2.05) is 0 Å². The molecule has 1 aromatic heterocycles. The third-order valence-electron chi connectivity index (χ3n) is 3.13. The summed E-state index contributed by atoms with van der Waals surface area (Å²) in [6.07, 6.45) is 0.0249. The minimum atomic E-state index is -0.263. The van der Waals surface area contributed by atoms with Crippen molar-refractivity contribution in [3.05, 3.63) is 23.1 Å². The summed E-state index contributed by atoms with van der Waals surface area (Å²) in [4.78, 5) is 14.2. The fourth-order valence-electron chi connectivity index (χ4n) is 2.32. The van der Waals surface area contributed by atoms with Gasteiger partial charge in [0.1, 0.15) is 0 Å². The van der Waals surface area contributed by atoms with E-state index >= 15 is 0 Å². The number of morpholine rings is 1. The molecule has 0 aliphatic carbocycles. The van der Waals surface area contributed by atoms with Crippen LogP contribution in [0.5, 0.6) is 0 Å². The van der Waals surface area contributed by atoms with E-state index in [1.54, 1.807) is 12.1 Å². The first-order valence-electron chi connectivity index (χ1n) is 6.92. The van der Waals surface area contributed by atoms with E-state index in [4.69, 9.17) is 20.8 Å². The van der Waals surface area contributed by atoms with Crippen LogP contribution in [-0.2, 0) is 4.74 Å². The number of halogens is 1. The first kappa shape index (κ1) is 15.4. The smallest absolute Gasteiger partial charge is 0.287 e. The predicted octanol–water partition coefficient (Wildman–Crippen LogP) is 2.02. The lowest BCUT2D eigenvalue weighted by molar-refractivity contribution is -0.0296. The average molecular weight is 301 g/mol. The van der Waals surface area contributed by atoms with Gasteiger partial charge in [-0.2, -0.15) is 0 Å². The molecule has 1 N–H and O–H groups in total. The van der Waals surface area contributed by atoms with E-state index in [0.717, 1.165) is 19.6 Å². The maximum atomic E-state index is 11.8. The Morgan fingerprint density at radius 2 is 2.35 bits per heavy atom. The van der Waals surface area contributed by atoms with E-state index in [0.29, 0.717) is 19.1 Å². The molecule has 0 unspecified atom stereocenters. The molecular weight excluding hydrogens is 280 g/mol. The van der Waals surface area contributed by atoms with Gasteiger partial charge in [0.05, 0.1) is 12.7 Å². The van der Waals surface area contributed by atoms with Crippen LogP contribution < -0.4 is 5.32 Å². The van der Waals surface area contributed by atoms with Gasteiger partial charge in [-0.1, -0.05) is 13.8 Å². The summed E-state index contributed by atoms with van der Waals surface area (Å²) in [5, 5.41) is 3.03. The minimum Gasteiger partial charge on any atom is -0.440 e. The zero-order valence-corrected chi connectivity index (χ0v) is 12.7. The molecule has 0 aromatic carbocycles. The minimum absolute atomic E-state index is 0.0249. The molecule has 1 aromatic rings. The Morgan fingerprint density at radius 1 is 1.55 bits per heavy atom. The van der Waals surface area contributed by atoms with Crippen molar-refractivity contribution in [2.75, 3.05) is 32.8 Å². The highest BCUT2D eigenvalue weighted by Gasteiger charge is 2.22. The zero-order chi connectivity index (χ0) is 14.5. The van der Waals surface area contributed by atoms with Crippen LogP contribution >= 0.6 is 11.6 Å². The summed E-state index contributed by atoms with van der Waals surface area (Å²) in [5.41, 5.74) is 0. The van der Waals surface area contributed by atoms with Gasteiger partial charge in [-0.3, -0.25) is 9.69 Å². The topological polar surface area (TPSA) is 54.7 Å². The van der Waals surface area contributed by atoms with Crippen LogP contribution in [0, 0.1) is 5.92 Å². The second kappa shape index (κ2) is 7.11. The number of rotatable bonds is 5. The molecule has 1 fully saturated rings. The number of carbonyl (C=O) groups is 1. The van der Waals surface area contributed by atoms with Gasteiger partial charge >= 0.3 is 0 Å². The van der Waals surface area contributed by atoms with Crippen LogP contribution in [0.4, 0.5) is 0 Å². The van der Waals surface area contributed by atoms with E-state index in [2.05, 4.69) is 24.1 Å². The van der Waals surface area contributed by atoms with Crippen LogP contribution in [0.3, 0.4) is 0 Å². The molecule has 20 heavy (non-hydrogen) atoms. The average Bonchev–Trinajstić information content (AvgIpc) is 2.82. The summed E-state index contributed by atoms with van der Waals surface area (Å²) in [6.45, 7) is 8.45. The van der Waals surface area contributed by atoms with E-state index in [9.17, 15) is 4.79 Å². The van der Waals surface area contributed by atoms with Crippen LogP contribution in [0.1, 0.15) is 24.4 Å². The molecule has 1 saturated heterocycles. The molecule has 1 atom stereocenters. The van der Waals surface area contributed by atoms with Gasteiger partial charge in [0.15, 0.2) is 11.0 Å². The lowest BCUT2D eigenvalue weighted by Gasteiger charge is -2.33. The van der Waals surface area contributed by atoms with Crippen molar-refractivity contribution < 1.29 is 13.9 Å². The summed E-state index contributed by atoms with van der Waals surface area (Å²) in [5.74, 6) is 0.597. The zero-order valence-electron chi connectivity index (χ0n) is 11.9. The number of hydrogen-bond donors (Lipinski definition) is 1. The summed E-state index contributed by atoms with van der Waals surface area (Å²) in [7, 11) is 0. The van der Waals surface area contributed by atoms with Gasteiger partial charge in [-0.05, 0) is 29.7 Å². The Morgan fingerprint density at radius 3 is 3.00 bits per heavy atom. The monoisotopic (exact) mass is 300 g/mol. The van der Waals surface area contributed by atoms with Crippen molar-refractivity contribution in [1.82, 2.24) is 10.2 Å². The number of furan rings is 1. The molecular formula is C14H21ClN2O3. The summed E-state index contributed by atoms with van der Waals surface area (Å²) in [6, 6.07) is 3.11. The van der Waals surface area contributed by atoms with Gasteiger partial charge in [-0.15, -0.1) is 0 Å². The fourth-order valence-corrected chi connectivity index (χ4v) is 2.46. The summed E-state index contributed by atoms with van der Waals surface area (Å²) < 4.78 is 10.7. The van der Waals surface area contributed by atoms with Gasteiger partial charge in [0.2, 0.25) is 0 Å². The normalized spacial score (nSPS) is 20.3. The third-order valence-corrected chi connectivity index (χ3v) is 3.34. The molecule has 1 amide bonds. The molecule has 0 spiro atoms. The molecule has 112 valence electrons. The molecule has 1 aliphatic heterocycles.